The molecule has 1 aromatic carbocycles. The third-order valence-electron chi connectivity index (χ3n) is 2.15. The Kier molecular flexibility index (Phi) is 2.49. The van der Waals surface area contributed by atoms with Crippen molar-refractivity contribution < 1.29 is 27.4 Å². The SMILES string of the molecule is O=Cc1ccc2c(c1C(F)(F)F)OCCO2. The summed E-state index contributed by atoms with van der Waals surface area (Å²) in [4.78, 5) is 10.6. The highest BCUT2D eigenvalue weighted by molar-refractivity contribution is 5.80. The van der Waals surface area contributed by atoms with Gasteiger partial charge >= 0.3 is 6.18 Å². The van der Waals surface area contributed by atoms with Gasteiger partial charge in [-0.2, -0.15) is 13.2 Å². The van der Waals surface area contributed by atoms with E-state index in [4.69, 9.17) is 9.47 Å². The smallest absolute Gasteiger partial charge is 0.420 e. The summed E-state index contributed by atoms with van der Waals surface area (Å²) in [5.74, 6) is -0.382. The fourth-order valence-corrected chi connectivity index (χ4v) is 1.52. The fraction of sp³-hybridized carbons (Fsp3) is 0.300. The van der Waals surface area contributed by atoms with Crippen LogP contribution in [0.15, 0.2) is 12.1 Å². The molecule has 0 aliphatic carbocycles. The first-order valence-corrected chi connectivity index (χ1v) is 4.49. The van der Waals surface area contributed by atoms with Gasteiger partial charge in [0.15, 0.2) is 17.8 Å². The van der Waals surface area contributed by atoms with E-state index in [1.807, 2.05) is 0 Å². The Bertz CT molecular complexity index is 426. The Hall–Kier alpha value is -1.72. The highest BCUT2D eigenvalue weighted by Gasteiger charge is 2.39. The van der Waals surface area contributed by atoms with Crippen LogP contribution < -0.4 is 9.47 Å². The molecule has 2 rings (SSSR count). The molecular formula is C10H7F3O3. The maximum absolute atomic E-state index is 12.7. The summed E-state index contributed by atoms with van der Waals surface area (Å²) < 4.78 is 48.1. The second kappa shape index (κ2) is 3.70. The van der Waals surface area contributed by atoms with Gasteiger partial charge < -0.3 is 9.47 Å². The highest BCUT2D eigenvalue weighted by Crippen LogP contribution is 2.44. The van der Waals surface area contributed by atoms with Crippen LogP contribution in [0.25, 0.3) is 0 Å². The van der Waals surface area contributed by atoms with Crippen LogP contribution in [-0.4, -0.2) is 19.5 Å². The van der Waals surface area contributed by atoms with Crippen LogP contribution in [0, 0.1) is 0 Å². The Balaban J connectivity index is 2.65. The summed E-state index contributed by atoms with van der Waals surface area (Å²) in [7, 11) is 0. The largest absolute Gasteiger partial charge is 0.486 e. The maximum atomic E-state index is 12.7. The second-order valence-electron chi connectivity index (χ2n) is 3.17. The molecule has 0 radical (unpaired) electrons. The molecule has 0 amide bonds. The van der Waals surface area contributed by atoms with Crippen molar-refractivity contribution in [2.24, 2.45) is 0 Å². The molecule has 0 spiro atoms. The number of ether oxygens (including phenoxy) is 2. The lowest BCUT2D eigenvalue weighted by molar-refractivity contribution is -0.139. The molecule has 0 unspecified atom stereocenters. The third-order valence-corrected chi connectivity index (χ3v) is 2.15. The van der Waals surface area contributed by atoms with Gasteiger partial charge in [0.05, 0.1) is 0 Å². The normalized spacial score (nSPS) is 14.7. The summed E-state index contributed by atoms with van der Waals surface area (Å²) >= 11 is 0. The van der Waals surface area contributed by atoms with Gasteiger partial charge in [0.1, 0.15) is 18.8 Å². The molecule has 1 aliphatic heterocycles. The standard InChI is InChI=1S/C10H7F3O3/c11-10(12,13)8-6(5-14)1-2-7-9(8)16-4-3-15-7/h1-2,5H,3-4H2. The average molecular weight is 232 g/mol. The Labute approximate surface area is 88.8 Å². The molecule has 0 fully saturated rings. The van der Waals surface area contributed by atoms with Gasteiger partial charge in [-0.25, -0.2) is 0 Å². The number of alkyl halides is 3. The zero-order valence-corrected chi connectivity index (χ0v) is 8.00. The first-order chi connectivity index (χ1) is 7.54. The first-order valence-electron chi connectivity index (χ1n) is 4.49. The van der Waals surface area contributed by atoms with Crippen molar-refractivity contribution >= 4 is 6.29 Å². The maximum Gasteiger partial charge on any atom is 0.420 e. The van der Waals surface area contributed by atoms with Crippen molar-refractivity contribution in [3.05, 3.63) is 23.3 Å². The first kappa shape index (κ1) is 10.8. The Morgan fingerprint density at radius 1 is 1.19 bits per heavy atom. The molecule has 16 heavy (non-hydrogen) atoms. The van der Waals surface area contributed by atoms with Crippen LogP contribution in [0.1, 0.15) is 15.9 Å². The van der Waals surface area contributed by atoms with Gasteiger partial charge in [-0.05, 0) is 12.1 Å². The van der Waals surface area contributed by atoms with E-state index in [-0.39, 0.29) is 25.2 Å². The van der Waals surface area contributed by atoms with E-state index >= 15 is 0 Å². The molecular weight excluding hydrogens is 225 g/mol. The summed E-state index contributed by atoms with van der Waals surface area (Å²) in [6, 6.07) is 2.37. The van der Waals surface area contributed by atoms with Crippen molar-refractivity contribution in [3.8, 4) is 11.5 Å². The average Bonchev–Trinajstić information content (AvgIpc) is 2.26. The summed E-state index contributed by atoms with van der Waals surface area (Å²) in [5.41, 5.74) is -1.52. The summed E-state index contributed by atoms with van der Waals surface area (Å²) in [5, 5.41) is 0. The van der Waals surface area contributed by atoms with E-state index in [9.17, 15) is 18.0 Å². The van der Waals surface area contributed by atoms with Gasteiger partial charge in [-0.1, -0.05) is 0 Å². The minimum absolute atomic E-state index is 0.0178. The van der Waals surface area contributed by atoms with Gasteiger partial charge in [0.2, 0.25) is 0 Å². The minimum atomic E-state index is -4.64. The van der Waals surface area contributed by atoms with Gasteiger partial charge in [0, 0.05) is 5.56 Å². The number of carbonyl (C=O) groups is 1. The van der Waals surface area contributed by atoms with Crippen LogP contribution in [0.5, 0.6) is 11.5 Å². The molecule has 0 aromatic heterocycles. The van der Waals surface area contributed by atoms with Crippen molar-refractivity contribution in [2.45, 2.75) is 6.18 Å². The monoisotopic (exact) mass is 232 g/mol. The van der Waals surface area contributed by atoms with Gasteiger partial charge in [0.25, 0.3) is 0 Å². The number of hydrogen-bond acceptors (Lipinski definition) is 3. The van der Waals surface area contributed by atoms with Gasteiger partial charge in [-0.15, -0.1) is 0 Å². The number of fused-ring (bicyclic) bond motifs is 1. The molecule has 0 atom stereocenters. The number of benzene rings is 1. The Morgan fingerprint density at radius 3 is 2.50 bits per heavy atom. The van der Waals surface area contributed by atoms with Crippen molar-refractivity contribution in [1.82, 2.24) is 0 Å². The summed E-state index contributed by atoms with van der Waals surface area (Å²) in [6.07, 6.45) is -4.48. The lowest BCUT2D eigenvalue weighted by Crippen LogP contribution is -2.20. The fourth-order valence-electron chi connectivity index (χ4n) is 1.52. The van der Waals surface area contributed by atoms with Crippen LogP contribution in [0.3, 0.4) is 0 Å². The number of halogens is 3. The molecule has 1 heterocycles. The van der Waals surface area contributed by atoms with E-state index in [0.29, 0.717) is 0 Å². The van der Waals surface area contributed by atoms with Crippen molar-refractivity contribution in [2.75, 3.05) is 13.2 Å². The molecule has 0 N–H and O–H groups in total. The van der Waals surface area contributed by atoms with E-state index in [0.717, 1.165) is 6.07 Å². The lowest BCUT2D eigenvalue weighted by atomic mass is 10.1. The number of carbonyl (C=O) groups excluding carboxylic acids is 1. The van der Waals surface area contributed by atoms with E-state index < -0.39 is 23.1 Å². The van der Waals surface area contributed by atoms with Gasteiger partial charge in [-0.3, -0.25) is 4.79 Å². The zero-order chi connectivity index (χ0) is 11.8. The third kappa shape index (κ3) is 1.70. The molecule has 3 nitrogen and oxygen atoms in total. The van der Waals surface area contributed by atoms with Crippen LogP contribution >= 0.6 is 0 Å². The number of rotatable bonds is 1. The molecule has 1 aliphatic rings. The molecule has 0 saturated heterocycles. The summed E-state index contributed by atoms with van der Waals surface area (Å²) in [6.45, 7) is 0.239. The van der Waals surface area contributed by atoms with Crippen molar-refractivity contribution in [1.29, 1.82) is 0 Å². The molecule has 1 aromatic rings. The quantitative estimate of drug-likeness (QED) is 0.697. The molecule has 0 bridgehead atoms. The predicted molar refractivity (Wildman–Crippen MR) is 47.8 cm³/mol. The van der Waals surface area contributed by atoms with Crippen molar-refractivity contribution in [3.63, 3.8) is 0 Å². The second-order valence-corrected chi connectivity index (χ2v) is 3.17. The molecule has 86 valence electrons. The minimum Gasteiger partial charge on any atom is -0.486 e. The Morgan fingerprint density at radius 2 is 1.88 bits per heavy atom. The van der Waals surface area contributed by atoms with Crippen LogP contribution in [0.2, 0.25) is 0 Å². The number of aldehydes is 1. The molecule has 0 saturated carbocycles. The van der Waals surface area contributed by atoms with Crippen LogP contribution in [0.4, 0.5) is 13.2 Å². The van der Waals surface area contributed by atoms with E-state index in [1.54, 1.807) is 0 Å². The highest BCUT2D eigenvalue weighted by atomic mass is 19.4. The lowest BCUT2D eigenvalue weighted by Gasteiger charge is -2.22. The topological polar surface area (TPSA) is 35.5 Å². The zero-order valence-electron chi connectivity index (χ0n) is 8.00. The predicted octanol–water partition coefficient (Wildman–Crippen LogP) is 2.29. The number of hydrogen-bond donors (Lipinski definition) is 0. The van der Waals surface area contributed by atoms with Crippen LogP contribution in [-0.2, 0) is 6.18 Å². The molecule has 6 heteroatoms. The van der Waals surface area contributed by atoms with E-state index in [1.165, 1.54) is 6.07 Å². The van der Waals surface area contributed by atoms with E-state index in [2.05, 4.69) is 0 Å².